The van der Waals surface area contributed by atoms with Gasteiger partial charge < -0.3 is 10.6 Å². The first-order chi connectivity index (χ1) is 9.29. The molecule has 0 unspecified atom stereocenters. The molecule has 0 radical (unpaired) electrons. The van der Waals surface area contributed by atoms with Crippen LogP contribution in [0.15, 0.2) is 18.2 Å². The van der Waals surface area contributed by atoms with Crippen molar-refractivity contribution in [2.75, 3.05) is 18.0 Å². The van der Waals surface area contributed by atoms with E-state index in [4.69, 9.17) is 5.73 Å². The van der Waals surface area contributed by atoms with Crippen molar-refractivity contribution in [3.8, 4) is 0 Å². The monoisotopic (exact) mass is 290 g/mol. The molecule has 2 rings (SSSR count). The third-order valence-corrected chi connectivity index (χ3v) is 3.80. The third kappa shape index (κ3) is 3.23. The van der Waals surface area contributed by atoms with Crippen LogP contribution in [0, 0.1) is 11.7 Å². The number of nitrogens with two attached hydrogens (primary N) is 1. The van der Waals surface area contributed by atoms with Crippen LogP contribution < -0.4 is 10.6 Å². The summed E-state index contributed by atoms with van der Waals surface area (Å²) in [6.07, 6.45) is -4.13. The lowest BCUT2D eigenvalue weighted by molar-refractivity contribution is -0.179. The van der Waals surface area contributed by atoms with Gasteiger partial charge in [0.05, 0.1) is 11.6 Å². The fourth-order valence-electron chi connectivity index (χ4n) is 2.51. The summed E-state index contributed by atoms with van der Waals surface area (Å²) in [4.78, 5) is 1.67. The van der Waals surface area contributed by atoms with E-state index in [1.165, 1.54) is 6.07 Å². The molecule has 6 heteroatoms. The minimum absolute atomic E-state index is 0.0119. The Morgan fingerprint density at radius 1 is 1.25 bits per heavy atom. The van der Waals surface area contributed by atoms with Gasteiger partial charge in [0.25, 0.3) is 0 Å². The minimum atomic E-state index is -4.15. The van der Waals surface area contributed by atoms with Crippen LogP contribution in [-0.2, 0) is 0 Å². The number of piperidine rings is 1. The highest BCUT2D eigenvalue weighted by Gasteiger charge is 2.41. The SMILES string of the molecule is C[C@@H](N)c1ccc(N2CCC(C(F)(F)F)CC2)c(F)c1. The molecule has 1 aliphatic rings. The van der Waals surface area contributed by atoms with Crippen molar-refractivity contribution in [1.82, 2.24) is 0 Å². The predicted octanol–water partition coefficient (Wildman–Crippen LogP) is 3.62. The first kappa shape index (κ1) is 15.1. The van der Waals surface area contributed by atoms with Crippen LogP contribution in [0.2, 0.25) is 0 Å². The van der Waals surface area contributed by atoms with Crippen LogP contribution in [0.5, 0.6) is 0 Å². The second kappa shape index (κ2) is 5.60. The zero-order valence-corrected chi connectivity index (χ0v) is 11.3. The normalized spacial score (nSPS) is 19.2. The van der Waals surface area contributed by atoms with E-state index in [-0.39, 0.29) is 32.0 Å². The Labute approximate surface area is 115 Å². The lowest BCUT2D eigenvalue weighted by Gasteiger charge is -2.34. The van der Waals surface area contributed by atoms with Crippen molar-refractivity contribution in [2.24, 2.45) is 11.7 Å². The van der Waals surface area contributed by atoms with Gasteiger partial charge in [0.2, 0.25) is 0 Å². The number of benzene rings is 1. The highest BCUT2D eigenvalue weighted by molar-refractivity contribution is 5.50. The maximum absolute atomic E-state index is 14.0. The number of alkyl halides is 3. The number of hydrogen-bond acceptors (Lipinski definition) is 2. The van der Waals surface area contributed by atoms with Gasteiger partial charge in [-0.15, -0.1) is 0 Å². The number of hydrogen-bond donors (Lipinski definition) is 1. The Balaban J connectivity index is 2.07. The van der Waals surface area contributed by atoms with E-state index < -0.39 is 17.9 Å². The zero-order chi connectivity index (χ0) is 14.9. The van der Waals surface area contributed by atoms with Crippen molar-refractivity contribution < 1.29 is 17.6 Å². The van der Waals surface area contributed by atoms with Crippen molar-refractivity contribution in [2.45, 2.75) is 32.0 Å². The van der Waals surface area contributed by atoms with Gasteiger partial charge in [-0.05, 0) is 37.5 Å². The van der Waals surface area contributed by atoms with Crippen molar-refractivity contribution in [3.05, 3.63) is 29.6 Å². The highest BCUT2D eigenvalue weighted by Crippen LogP contribution is 2.36. The summed E-state index contributed by atoms with van der Waals surface area (Å²) in [5, 5.41) is 0. The fraction of sp³-hybridized carbons (Fsp3) is 0.571. The Kier molecular flexibility index (Phi) is 4.22. The molecule has 1 atom stereocenters. The van der Waals surface area contributed by atoms with E-state index in [1.54, 1.807) is 24.0 Å². The zero-order valence-electron chi connectivity index (χ0n) is 11.3. The standard InChI is InChI=1S/C14H18F4N2/c1-9(19)10-2-3-13(12(15)8-10)20-6-4-11(5-7-20)14(16,17)18/h2-3,8-9,11H,4-7,19H2,1H3/t9-/m1/s1. The average molecular weight is 290 g/mol. The summed E-state index contributed by atoms with van der Waals surface area (Å²) in [6, 6.07) is 4.41. The molecule has 1 fully saturated rings. The van der Waals surface area contributed by atoms with E-state index in [0.717, 1.165) is 0 Å². The molecule has 0 amide bonds. The molecule has 1 saturated heterocycles. The molecular weight excluding hydrogens is 272 g/mol. The third-order valence-electron chi connectivity index (χ3n) is 3.80. The topological polar surface area (TPSA) is 29.3 Å². The van der Waals surface area contributed by atoms with Crippen LogP contribution in [0.1, 0.15) is 31.4 Å². The summed E-state index contributed by atoms with van der Waals surface area (Å²) in [5.41, 5.74) is 6.71. The molecule has 1 aromatic rings. The van der Waals surface area contributed by atoms with E-state index in [9.17, 15) is 17.6 Å². The van der Waals surface area contributed by atoms with Gasteiger partial charge in [-0.2, -0.15) is 13.2 Å². The Morgan fingerprint density at radius 3 is 2.30 bits per heavy atom. The summed E-state index contributed by atoms with van der Waals surface area (Å²) < 4.78 is 51.8. The summed E-state index contributed by atoms with van der Waals surface area (Å²) in [6.45, 7) is 2.19. The van der Waals surface area contributed by atoms with Crippen molar-refractivity contribution in [1.29, 1.82) is 0 Å². The van der Waals surface area contributed by atoms with Gasteiger partial charge in [0, 0.05) is 19.1 Å². The van der Waals surface area contributed by atoms with Gasteiger partial charge >= 0.3 is 6.18 Å². The van der Waals surface area contributed by atoms with Crippen LogP contribution in [0.4, 0.5) is 23.2 Å². The van der Waals surface area contributed by atoms with Gasteiger partial charge in [0.15, 0.2) is 0 Å². The van der Waals surface area contributed by atoms with Crippen molar-refractivity contribution in [3.63, 3.8) is 0 Å². The minimum Gasteiger partial charge on any atom is -0.369 e. The number of anilines is 1. The first-order valence-electron chi connectivity index (χ1n) is 6.65. The molecule has 2 N–H and O–H groups in total. The lowest BCUT2D eigenvalue weighted by Crippen LogP contribution is -2.39. The summed E-state index contributed by atoms with van der Waals surface area (Å²) in [7, 11) is 0. The van der Waals surface area contributed by atoms with Crippen LogP contribution in [-0.4, -0.2) is 19.3 Å². The first-order valence-corrected chi connectivity index (χ1v) is 6.65. The van der Waals surface area contributed by atoms with Crippen molar-refractivity contribution >= 4 is 5.69 Å². The maximum Gasteiger partial charge on any atom is 0.391 e. The smallest absolute Gasteiger partial charge is 0.369 e. The molecule has 0 aliphatic carbocycles. The summed E-state index contributed by atoms with van der Waals surface area (Å²) in [5.74, 6) is -1.70. The number of rotatable bonds is 2. The molecular formula is C14H18F4N2. The molecule has 0 spiro atoms. The summed E-state index contributed by atoms with van der Waals surface area (Å²) >= 11 is 0. The largest absolute Gasteiger partial charge is 0.391 e. The molecule has 0 saturated carbocycles. The Bertz CT molecular complexity index is 463. The van der Waals surface area contributed by atoms with Gasteiger partial charge in [-0.25, -0.2) is 4.39 Å². The number of nitrogens with zero attached hydrogens (tertiary/aromatic N) is 1. The quantitative estimate of drug-likeness (QED) is 0.843. The molecule has 1 heterocycles. The van der Waals surface area contributed by atoms with E-state index >= 15 is 0 Å². The van der Waals surface area contributed by atoms with E-state index in [1.807, 2.05) is 0 Å². The molecule has 112 valence electrons. The van der Waals surface area contributed by atoms with Crippen LogP contribution in [0.25, 0.3) is 0 Å². The van der Waals surface area contributed by atoms with Gasteiger partial charge in [-0.3, -0.25) is 0 Å². The number of halogens is 4. The lowest BCUT2D eigenvalue weighted by atomic mass is 9.95. The van der Waals surface area contributed by atoms with Crippen LogP contribution >= 0.6 is 0 Å². The molecule has 1 aliphatic heterocycles. The van der Waals surface area contributed by atoms with Gasteiger partial charge in [-0.1, -0.05) is 6.07 Å². The predicted molar refractivity (Wildman–Crippen MR) is 70.0 cm³/mol. The maximum atomic E-state index is 14.0. The van der Waals surface area contributed by atoms with E-state index in [0.29, 0.717) is 11.3 Å². The average Bonchev–Trinajstić information content (AvgIpc) is 2.37. The molecule has 0 bridgehead atoms. The molecule has 20 heavy (non-hydrogen) atoms. The highest BCUT2D eigenvalue weighted by atomic mass is 19.4. The molecule has 0 aromatic heterocycles. The molecule has 1 aromatic carbocycles. The fourth-order valence-corrected chi connectivity index (χ4v) is 2.51. The van der Waals surface area contributed by atoms with E-state index in [2.05, 4.69) is 0 Å². The van der Waals surface area contributed by atoms with Gasteiger partial charge in [0.1, 0.15) is 5.82 Å². The Morgan fingerprint density at radius 2 is 1.85 bits per heavy atom. The molecule has 2 nitrogen and oxygen atoms in total. The Hall–Kier alpha value is -1.30. The second-order valence-corrected chi connectivity index (χ2v) is 5.30. The van der Waals surface area contributed by atoms with Crippen LogP contribution in [0.3, 0.4) is 0 Å². The second-order valence-electron chi connectivity index (χ2n) is 5.30.